The van der Waals surface area contributed by atoms with Crippen molar-refractivity contribution in [2.24, 2.45) is 0 Å². The topological polar surface area (TPSA) is 137 Å². The van der Waals surface area contributed by atoms with E-state index >= 15 is 0 Å². The van der Waals surface area contributed by atoms with Crippen LogP contribution in [0, 0.1) is 13.8 Å². The Labute approximate surface area is 212 Å². The summed E-state index contributed by atoms with van der Waals surface area (Å²) in [5.41, 5.74) is 7.28. The number of fused-ring (bicyclic) bond motifs is 1. The number of likely N-dealkylation sites (tertiary alicyclic amines) is 1. The Kier molecular flexibility index (Phi) is 7.89. The molecule has 0 atom stereocenters. The first kappa shape index (κ1) is 25.2. The minimum Gasteiger partial charge on any atom is -0.461 e. The highest BCUT2D eigenvalue weighted by Crippen LogP contribution is 2.25. The molecule has 1 amide bonds. The van der Waals surface area contributed by atoms with Crippen LogP contribution in [-0.2, 0) is 4.74 Å². The van der Waals surface area contributed by atoms with E-state index in [9.17, 15) is 9.59 Å². The van der Waals surface area contributed by atoms with Crippen LogP contribution in [0.5, 0.6) is 0 Å². The van der Waals surface area contributed by atoms with Gasteiger partial charge >= 0.3 is 5.97 Å². The molecule has 1 aliphatic heterocycles. The predicted octanol–water partition coefficient (Wildman–Crippen LogP) is 4.43. The van der Waals surface area contributed by atoms with Gasteiger partial charge in [0.15, 0.2) is 5.01 Å². The number of hydrogen-bond donors (Lipinski definition) is 1. The monoisotopic (exact) mass is 508 g/mol. The molecule has 1 saturated heterocycles. The average molecular weight is 509 g/mol. The molecule has 0 spiro atoms. The third-order valence-corrected chi connectivity index (χ3v) is 6.70. The number of anilines is 1. The number of amides is 1. The molecule has 0 bridgehead atoms. The molecular formula is C25H28N6O4S. The lowest BCUT2D eigenvalue weighted by molar-refractivity contribution is 0.0509. The number of rotatable bonds is 5. The summed E-state index contributed by atoms with van der Waals surface area (Å²) in [4.78, 5) is 38.7. The number of nitrogen functional groups attached to an aromatic ring is 1. The Bertz CT molecular complexity index is 1380. The summed E-state index contributed by atoms with van der Waals surface area (Å²) in [7, 11) is 0. The Morgan fingerprint density at radius 2 is 1.94 bits per heavy atom. The summed E-state index contributed by atoms with van der Waals surface area (Å²) in [6, 6.07) is 7.74. The first-order chi connectivity index (χ1) is 17.4. The number of carbonyl (C=O) groups is 2. The molecular weight excluding hydrogens is 480 g/mol. The molecule has 5 rings (SSSR count). The summed E-state index contributed by atoms with van der Waals surface area (Å²) < 4.78 is 10.0. The summed E-state index contributed by atoms with van der Waals surface area (Å²) in [6.45, 7) is 7.40. The van der Waals surface area contributed by atoms with Crippen molar-refractivity contribution in [2.45, 2.75) is 40.0 Å². The van der Waals surface area contributed by atoms with Crippen LogP contribution in [0.3, 0.4) is 0 Å². The molecule has 188 valence electrons. The van der Waals surface area contributed by atoms with Gasteiger partial charge in [0, 0.05) is 37.2 Å². The second-order valence-corrected chi connectivity index (χ2v) is 9.34. The van der Waals surface area contributed by atoms with E-state index < -0.39 is 0 Å². The van der Waals surface area contributed by atoms with E-state index in [2.05, 4.69) is 20.1 Å². The smallest absolute Gasteiger partial charge is 0.350 e. The van der Waals surface area contributed by atoms with Gasteiger partial charge in [-0.25, -0.2) is 14.8 Å². The highest BCUT2D eigenvalue weighted by molar-refractivity contribution is 7.15. The fourth-order valence-corrected chi connectivity index (χ4v) is 4.67. The first-order valence-corrected chi connectivity index (χ1v) is 12.6. The number of benzene rings is 1. The molecule has 3 aromatic heterocycles. The minimum absolute atomic E-state index is 0.0693. The predicted molar refractivity (Wildman–Crippen MR) is 137 cm³/mol. The molecule has 0 unspecified atom stereocenters. The van der Waals surface area contributed by atoms with Crippen molar-refractivity contribution in [3.8, 4) is 11.4 Å². The largest absolute Gasteiger partial charge is 0.461 e. The second-order valence-electron chi connectivity index (χ2n) is 8.34. The highest BCUT2D eigenvalue weighted by Gasteiger charge is 2.25. The summed E-state index contributed by atoms with van der Waals surface area (Å²) in [6.07, 6.45) is 4.56. The molecule has 4 heterocycles. The van der Waals surface area contributed by atoms with Crippen LogP contribution in [0.4, 0.5) is 5.82 Å². The van der Waals surface area contributed by atoms with Crippen LogP contribution in [0.15, 0.2) is 35.0 Å². The maximum atomic E-state index is 12.2. The van der Waals surface area contributed by atoms with Crippen LogP contribution in [0.25, 0.3) is 22.2 Å². The third-order valence-electron chi connectivity index (χ3n) is 5.58. The van der Waals surface area contributed by atoms with Crippen molar-refractivity contribution >= 4 is 39.8 Å². The van der Waals surface area contributed by atoms with Gasteiger partial charge in [-0.2, -0.15) is 4.98 Å². The van der Waals surface area contributed by atoms with Gasteiger partial charge in [-0.3, -0.25) is 4.79 Å². The fraction of sp³-hybridized carbons (Fsp3) is 0.360. The average Bonchev–Trinajstić information content (AvgIpc) is 3.64. The molecule has 1 aromatic carbocycles. The standard InChI is InChI=1S/C13H18N2O3S.C12H10N4O/c1-3-8-18-13(17)10-9(2)14-11(19-10)12(16)15-6-4-5-7-15;1-7-15-12(16-17-7)9-3-2-8-4-5-14-11(13)10(8)6-9/h3-8H2,1-2H3;2-6H,1H3,(H2,13,14). The third kappa shape index (κ3) is 5.68. The zero-order valence-corrected chi connectivity index (χ0v) is 21.3. The van der Waals surface area contributed by atoms with Crippen molar-refractivity contribution < 1.29 is 18.8 Å². The van der Waals surface area contributed by atoms with E-state index in [1.807, 2.05) is 31.2 Å². The van der Waals surface area contributed by atoms with Gasteiger partial charge in [0.25, 0.3) is 5.91 Å². The van der Waals surface area contributed by atoms with Crippen molar-refractivity contribution in [3.05, 3.63) is 51.9 Å². The van der Waals surface area contributed by atoms with E-state index in [1.165, 1.54) is 0 Å². The van der Waals surface area contributed by atoms with Crippen LogP contribution in [0.1, 0.15) is 57.2 Å². The molecule has 36 heavy (non-hydrogen) atoms. The van der Waals surface area contributed by atoms with Gasteiger partial charge in [-0.15, -0.1) is 11.3 Å². The van der Waals surface area contributed by atoms with Crippen molar-refractivity contribution in [1.82, 2.24) is 25.0 Å². The van der Waals surface area contributed by atoms with Crippen molar-refractivity contribution in [2.75, 3.05) is 25.4 Å². The number of aromatic nitrogens is 4. The van der Waals surface area contributed by atoms with E-state index in [0.29, 0.717) is 39.7 Å². The normalized spacial score (nSPS) is 12.9. The van der Waals surface area contributed by atoms with Gasteiger partial charge in [0.05, 0.1) is 12.3 Å². The lowest BCUT2D eigenvalue weighted by Crippen LogP contribution is -2.27. The SMILES string of the molecule is CCCOC(=O)c1sc(C(=O)N2CCCC2)nc1C.Cc1nc(-c2ccc3ccnc(N)c3c2)no1. The van der Waals surface area contributed by atoms with Crippen LogP contribution < -0.4 is 5.73 Å². The van der Waals surface area contributed by atoms with Gasteiger partial charge in [-0.05, 0) is 43.7 Å². The number of esters is 1. The molecule has 1 fully saturated rings. The number of carbonyl (C=O) groups excluding carboxylic acids is 2. The van der Waals surface area contributed by atoms with E-state index in [-0.39, 0.29) is 11.9 Å². The molecule has 11 heteroatoms. The number of aryl methyl sites for hydroxylation is 2. The van der Waals surface area contributed by atoms with Gasteiger partial charge in [0.2, 0.25) is 11.7 Å². The maximum Gasteiger partial charge on any atom is 0.350 e. The maximum absolute atomic E-state index is 12.2. The molecule has 2 N–H and O–H groups in total. The van der Waals surface area contributed by atoms with Crippen LogP contribution in [-0.4, -0.2) is 56.6 Å². The molecule has 4 aromatic rings. The number of ether oxygens (including phenoxy) is 1. The Morgan fingerprint density at radius 3 is 2.64 bits per heavy atom. The summed E-state index contributed by atoms with van der Waals surface area (Å²) in [5.74, 6) is 1.16. The zero-order chi connectivity index (χ0) is 25.7. The number of nitrogens with two attached hydrogens (primary N) is 1. The van der Waals surface area contributed by atoms with Crippen LogP contribution in [0.2, 0.25) is 0 Å². The Balaban J connectivity index is 0.000000170. The summed E-state index contributed by atoms with van der Waals surface area (Å²) in [5, 5.41) is 6.21. The first-order valence-electron chi connectivity index (χ1n) is 11.8. The van der Waals surface area contributed by atoms with Crippen molar-refractivity contribution in [3.63, 3.8) is 0 Å². The number of pyridine rings is 1. The summed E-state index contributed by atoms with van der Waals surface area (Å²) >= 11 is 1.14. The van der Waals surface area contributed by atoms with Gasteiger partial charge < -0.3 is 19.9 Å². The minimum atomic E-state index is -0.377. The van der Waals surface area contributed by atoms with Gasteiger partial charge in [-0.1, -0.05) is 24.2 Å². The Hall–Kier alpha value is -3.86. The number of hydrogen-bond acceptors (Lipinski definition) is 10. The van der Waals surface area contributed by atoms with Crippen LogP contribution >= 0.6 is 11.3 Å². The Morgan fingerprint density at radius 1 is 1.17 bits per heavy atom. The van der Waals surface area contributed by atoms with E-state index in [1.54, 1.807) is 24.9 Å². The highest BCUT2D eigenvalue weighted by atomic mass is 32.1. The van der Waals surface area contributed by atoms with Gasteiger partial charge in [0.1, 0.15) is 10.7 Å². The lowest BCUT2D eigenvalue weighted by atomic mass is 10.1. The second kappa shape index (κ2) is 11.3. The number of nitrogens with zero attached hydrogens (tertiary/aromatic N) is 5. The fourth-order valence-electron chi connectivity index (χ4n) is 3.74. The van der Waals surface area contributed by atoms with Crippen molar-refractivity contribution in [1.29, 1.82) is 0 Å². The van der Waals surface area contributed by atoms with E-state index in [0.717, 1.165) is 60.0 Å². The number of thiazole rings is 1. The molecule has 0 aliphatic carbocycles. The molecule has 0 radical (unpaired) electrons. The molecule has 10 nitrogen and oxygen atoms in total. The zero-order valence-electron chi connectivity index (χ0n) is 20.5. The quantitative estimate of drug-likeness (QED) is 0.388. The molecule has 1 aliphatic rings. The molecule has 0 saturated carbocycles. The van der Waals surface area contributed by atoms with E-state index in [4.69, 9.17) is 15.0 Å². The lowest BCUT2D eigenvalue weighted by Gasteiger charge is -2.12.